The Morgan fingerprint density at radius 3 is 2.61 bits per heavy atom. The van der Waals surface area contributed by atoms with Crippen molar-refractivity contribution in [2.24, 2.45) is 0 Å². The molecule has 7 heteroatoms. The van der Waals surface area contributed by atoms with E-state index < -0.39 is 15.7 Å². The smallest absolute Gasteiger partial charge is 0.410 e. The molecule has 0 atom stereocenters. The molecule has 0 radical (unpaired) electrons. The third-order valence-corrected chi connectivity index (χ3v) is 4.00. The van der Waals surface area contributed by atoms with E-state index in [9.17, 15) is 13.2 Å². The van der Waals surface area contributed by atoms with Crippen LogP contribution in [0.2, 0.25) is 0 Å². The van der Waals surface area contributed by atoms with Gasteiger partial charge in [0.15, 0.2) is 0 Å². The maximum Gasteiger partial charge on any atom is 0.410 e. The highest BCUT2D eigenvalue weighted by Gasteiger charge is 2.27. The number of rotatable bonds is 3. The van der Waals surface area contributed by atoms with E-state index in [-0.39, 0.29) is 12.7 Å². The summed E-state index contributed by atoms with van der Waals surface area (Å²) in [5.74, 6) is 0. The van der Waals surface area contributed by atoms with Gasteiger partial charge in [-0.15, -0.1) is 0 Å². The van der Waals surface area contributed by atoms with Crippen LogP contribution >= 0.6 is 0 Å². The Bertz CT molecular complexity index is 691. The first kappa shape index (κ1) is 17.7. The van der Waals surface area contributed by atoms with Gasteiger partial charge < -0.3 is 9.64 Å². The average Bonchev–Trinajstić information content (AvgIpc) is 2.41. The first-order valence-corrected chi connectivity index (χ1v) is 9.29. The lowest BCUT2D eigenvalue weighted by atomic mass is 9.95. The third kappa shape index (κ3) is 5.21. The van der Waals surface area contributed by atoms with Gasteiger partial charge in [-0.3, -0.25) is 4.18 Å². The van der Waals surface area contributed by atoms with Crippen molar-refractivity contribution in [3.63, 3.8) is 0 Å². The third-order valence-electron chi connectivity index (χ3n) is 3.45. The number of hydrogen-bond donors (Lipinski definition) is 0. The van der Waals surface area contributed by atoms with E-state index in [1.807, 2.05) is 39.0 Å². The number of fused-ring (bicyclic) bond motifs is 1. The fourth-order valence-electron chi connectivity index (χ4n) is 2.44. The van der Waals surface area contributed by atoms with E-state index in [4.69, 9.17) is 8.92 Å². The fraction of sp³-hybridized carbons (Fsp3) is 0.562. The van der Waals surface area contributed by atoms with E-state index in [1.54, 1.807) is 4.90 Å². The average molecular weight is 341 g/mol. The van der Waals surface area contributed by atoms with Crippen LogP contribution in [-0.4, -0.2) is 37.8 Å². The number of ether oxygens (including phenoxy) is 1. The number of benzene rings is 1. The van der Waals surface area contributed by atoms with Gasteiger partial charge in [-0.05, 0) is 43.9 Å². The van der Waals surface area contributed by atoms with Crippen LogP contribution in [-0.2, 0) is 38.6 Å². The standard InChI is InChI=1S/C16H23NO5S/c1-16(2,3)22-15(18)17-9-8-12-6-5-7-13(14(12)10-17)11-21-23(4,19)20/h5-7H,8-11H2,1-4H3. The van der Waals surface area contributed by atoms with Crippen LogP contribution < -0.4 is 0 Å². The SMILES string of the molecule is CC(C)(C)OC(=O)N1CCc2cccc(COS(C)(=O)=O)c2C1. The Hall–Kier alpha value is -1.60. The number of hydrogen-bond acceptors (Lipinski definition) is 5. The maximum atomic E-state index is 12.2. The fourth-order valence-corrected chi connectivity index (χ4v) is 2.78. The Kier molecular flexibility index (Phi) is 5.01. The zero-order valence-corrected chi connectivity index (χ0v) is 14.8. The van der Waals surface area contributed by atoms with Gasteiger partial charge in [-0.1, -0.05) is 18.2 Å². The molecule has 23 heavy (non-hydrogen) atoms. The van der Waals surface area contributed by atoms with Crippen molar-refractivity contribution in [3.8, 4) is 0 Å². The molecule has 0 spiro atoms. The highest BCUT2D eigenvalue weighted by Crippen LogP contribution is 2.25. The van der Waals surface area contributed by atoms with Crippen molar-refractivity contribution in [2.45, 2.75) is 45.9 Å². The molecule has 0 N–H and O–H groups in total. The molecule has 6 nitrogen and oxygen atoms in total. The van der Waals surface area contributed by atoms with Crippen molar-refractivity contribution in [2.75, 3.05) is 12.8 Å². The lowest BCUT2D eigenvalue weighted by Gasteiger charge is -2.32. The summed E-state index contributed by atoms with van der Waals surface area (Å²) >= 11 is 0. The molecule has 1 heterocycles. The second kappa shape index (κ2) is 6.49. The summed E-state index contributed by atoms with van der Waals surface area (Å²) in [6, 6.07) is 5.69. The molecular formula is C16H23NO5S. The van der Waals surface area contributed by atoms with Crippen molar-refractivity contribution >= 4 is 16.2 Å². The lowest BCUT2D eigenvalue weighted by molar-refractivity contribution is 0.0222. The van der Waals surface area contributed by atoms with Crippen LogP contribution in [0, 0.1) is 0 Å². The molecule has 128 valence electrons. The van der Waals surface area contributed by atoms with Crippen molar-refractivity contribution < 1.29 is 22.1 Å². The normalized spacial score (nSPS) is 15.2. The minimum atomic E-state index is -3.51. The first-order valence-electron chi connectivity index (χ1n) is 7.47. The highest BCUT2D eigenvalue weighted by atomic mass is 32.2. The molecule has 0 aliphatic carbocycles. The number of nitrogens with zero attached hydrogens (tertiary/aromatic N) is 1. The summed E-state index contributed by atoms with van der Waals surface area (Å²) in [6.07, 6.45) is 1.37. The molecule has 1 aromatic rings. The maximum absolute atomic E-state index is 12.2. The van der Waals surface area contributed by atoms with Gasteiger partial charge in [0.05, 0.1) is 12.9 Å². The van der Waals surface area contributed by atoms with E-state index >= 15 is 0 Å². The van der Waals surface area contributed by atoms with Crippen LogP contribution in [0.1, 0.15) is 37.5 Å². The largest absolute Gasteiger partial charge is 0.444 e. The Morgan fingerprint density at radius 2 is 2.00 bits per heavy atom. The van der Waals surface area contributed by atoms with Crippen LogP contribution in [0.15, 0.2) is 18.2 Å². The summed E-state index contributed by atoms with van der Waals surface area (Å²) in [5, 5.41) is 0. The minimum absolute atomic E-state index is 0.0236. The molecule has 2 rings (SSSR count). The number of amides is 1. The van der Waals surface area contributed by atoms with Crippen LogP contribution in [0.25, 0.3) is 0 Å². The molecule has 0 saturated carbocycles. The topological polar surface area (TPSA) is 72.9 Å². The Balaban J connectivity index is 2.17. The molecule has 1 aliphatic heterocycles. The number of carbonyl (C=O) groups is 1. The van der Waals surface area contributed by atoms with Crippen LogP contribution in [0.4, 0.5) is 4.79 Å². The van der Waals surface area contributed by atoms with Gasteiger partial charge in [-0.2, -0.15) is 8.42 Å². The summed E-state index contributed by atoms with van der Waals surface area (Å²) in [4.78, 5) is 13.9. The molecule has 1 aliphatic rings. The molecule has 0 aromatic heterocycles. The van der Waals surface area contributed by atoms with E-state index in [2.05, 4.69) is 0 Å². The molecule has 1 aromatic carbocycles. The summed E-state index contributed by atoms with van der Waals surface area (Å²) in [6.45, 7) is 6.44. The van der Waals surface area contributed by atoms with E-state index in [1.165, 1.54) is 0 Å². The monoisotopic (exact) mass is 341 g/mol. The van der Waals surface area contributed by atoms with Crippen molar-refractivity contribution in [3.05, 3.63) is 34.9 Å². The van der Waals surface area contributed by atoms with Crippen LogP contribution in [0.3, 0.4) is 0 Å². The molecule has 0 fully saturated rings. The van der Waals surface area contributed by atoms with Gasteiger partial charge in [0.1, 0.15) is 5.60 Å². The van der Waals surface area contributed by atoms with Crippen molar-refractivity contribution in [1.82, 2.24) is 4.90 Å². The summed E-state index contributed by atoms with van der Waals surface area (Å²) in [5.41, 5.74) is 2.28. The first-order chi connectivity index (χ1) is 10.6. The van der Waals surface area contributed by atoms with E-state index in [0.717, 1.165) is 22.9 Å². The second-order valence-electron chi connectivity index (χ2n) is 6.67. The zero-order chi connectivity index (χ0) is 17.3. The molecule has 0 unspecified atom stereocenters. The second-order valence-corrected chi connectivity index (χ2v) is 8.32. The molecule has 0 bridgehead atoms. The summed E-state index contributed by atoms with van der Waals surface area (Å²) < 4.78 is 32.7. The zero-order valence-electron chi connectivity index (χ0n) is 14.0. The van der Waals surface area contributed by atoms with Gasteiger partial charge >= 0.3 is 6.09 Å². The Labute approximate surface area is 137 Å². The number of carbonyl (C=O) groups excluding carboxylic acids is 1. The van der Waals surface area contributed by atoms with E-state index in [0.29, 0.717) is 19.5 Å². The quantitative estimate of drug-likeness (QED) is 0.790. The lowest BCUT2D eigenvalue weighted by Crippen LogP contribution is -2.40. The molecule has 1 amide bonds. The van der Waals surface area contributed by atoms with Gasteiger partial charge in [-0.25, -0.2) is 4.79 Å². The minimum Gasteiger partial charge on any atom is -0.444 e. The summed E-state index contributed by atoms with van der Waals surface area (Å²) in [7, 11) is -3.51. The van der Waals surface area contributed by atoms with Gasteiger partial charge in [0.2, 0.25) is 0 Å². The Morgan fingerprint density at radius 1 is 1.30 bits per heavy atom. The highest BCUT2D eigenvalue weighted by molar-refractivity contribution is 7.85. The van der Waals surface area contributed by atoms with Gasteiger partial charge in [0, 0.05) is 13.1 Å². The van der Waals surface area contributed by atoms with Gasteiger partial charge in [0.25, 0.3) is 10.1 Å². The molecular weight excluding hydrogens is 318 g/mol. The molecule has 0 saturated heterocycles. The van der Waals surface area contributed by atoms with Crippen molar-refractivity contribution in [1.29, 1.82) is 0 Å². The van der Waals surface area contributed by atoms with Crippen LogP contribution in [0.5, 0.6) is 0 Å². The predicted molar refractivity (Wildman–Crippen MR) is 86.4 cm³/mol. The predicted octanol–water partition coefficient (Wildman–Crippen LogP) is 2.46.